The third-order valence-electron chi connectivity index (χ3n) is 3.34. The van der Waals surface area contributed by atoms with Gasteiger partial charge in [0.2, 0.25) is 0 Å². The fourth-order valence-corrected chi connectivity index (χ4v) is 2.26. The van der Waals surface area contributed by atoms with E-state index in [0.717, 1.165) is 23.4 Å². The van der Waals surface area contributed by atoms with Crippen LogP contribution >= 0.6 is 0 Å². The van der Waals surface area contributed by atoms with Gasteiger partial charge in [0.25, 0.3) is 0 Å². The first kappa shape index (κ1) is 15.6. The van der Waals surface area contributed by atoms with Crippen molar-refractivity contribution in [2.75, 3.05) is 18.1 Å². The Labute approximate surface area is 130 Å². The molecule has 0 fully saturated rings. The van der Waals surface area contributed by atoms with E-state index in [-0.39, 0.29) is 12.2 Å². The van der Waals surface area contributed by atoms with E-state index in [9.17, 15) is 4.79 Å². The Bertz CT molecular complexity index is 693. The maximum Gasteiger partial charge on any atom is 0.348 e. The Kier molecular flexibility index (Phi) is 5.16. The van der Waals surface area contributed by atoms with Crippen LogP contribution in [0.2, 0.25) is 0 Å². The number of nitriles is 1. The molecule has 0 spiro atoms. The number of para-hydroxylation sites is 1. The van der Waals surface area contributed by atoms with Crippen molar-refractivity contribution in [3.63, 3.8) is 0 Å². The van der Waals surface area contributed by atoms with Crippen LogP contribution in [0.15, 0.2) is 54.3 Å². The number of hydrogen-bond donors (Lipinski definition) is 0. The second-order valence-corrected chi connectivity index (χ2v) is 4.65. The van der Waals surface area contributed by atoms with Crippen molar-refractivity contribution >= 4 is 17.2 Å². The van der Waals surface area contributed by atoms with E-state index >= 15 is 0 Å². The van der Waals surface area contributed by atoms with Crippen LogP contribution < -0.4 is 4.90 Å². The summed E-state index contributed by atoms with van der Waals surface area (Å²) in [6, 6.07) is 9.92. The third-order valence-corrected chi connectivity index (χ3v) is 3.34. The van der Waals surface area contributed by atoms with Gasteiger partial charge in [0.05, 0.1) is 6.61 Å². The largest absolute Gasteiger partial charge is 0.462 e. The Balaban J connectivity index is 2.37. The predicted molar refractivity (Wildman–Crippen MR) is 86.9 cm³/mol. The van der Waals surface area contributed by atoms with Crippen LogP contribution in [-0.2, 0) is 9.53 Å². The molecule has 0 aliphatic carbocycles. The van der Waals surface area contributed by atoms with E-state index in [0.29, 0.717) is 0 Å². The number of benzene rings is 1. The molecule has 1 aliphatic heterocycles. The Morgan fingerprint density at radius 2 is 2.14 bits per heavy atom. The molecule has 0 bridgehead atoms. The van der Waals surface area contributed by atoms with E-state index in [1.165, 1.54) is 6.08 Å². The summed E-state index contributed by atoms with van der Waals surface area (Å²) in [4.78, 5) is 13.8. The Morgan fingerprint density at radius 1 is 1.36 bits per heavy atom. The number of carbonyl (C=O) groups is 1. The van der Waals surface area contributed by atoms with E-state index in [4.69, 9.17) is 10.00 Å². The number of allylic oxidation sites excluding steroid dienone is 4. The number of ether oxygens (including phenoxy) is 1. The molecule has 112 valence electrons. The summed E-state index contributed by atoms with van der Waals surface area (Å²) in [6.45, 7) is 4.93. The van der Waals surface area contributed by atoms with E-state index < -0.39 is 5.97 Å². The van der Waals surface area contributed by atoms with E-state index in [1.807, 2.05) is 36.5 Å². The SMILES string of the molecule is CCOC(=O)C(C#N)=CC=C1C=CN(CC)c2ccccc21. The van der Waals surface area contributed by atoms with Gasteiger partial charge in [-0.15, -0.1) is 0 Å². The van der Waals surface area contributed by atoms with E-state index in [1.54, 1.807) is 13.0 Å². The lowest BCUT2D eigenvalue weighted by molar-refractivity contribution is -0.138. The zero-order chi connectivity index (χ0) is 15.9. The van der Waals surface area contributed by atoms with Gasteiger partial charge < -0.3 is 9.64 Å². The normalized spacial score (nSPS) is 15.4. The third kappa shape index (κ3) is 3.26. The Morgan fingerprint density at radius 3 is 2.82 bits per heavy atom. The molecule has 0 N–H and O–H groups in total. The fraction of sp³-hybridized carbons (Fsp3) is 0.222. The van der Waals surface area contributed by atoms with Crippen molar-refractivity contribution in [1.29, 1.82) is 5.26 Å². The molecule has 0 saturated heterocycles. The summed E-state index contributed by atoms with van der Waals surface area (Å²) in [6.07, 6.45) is 7.26. The molecule has 1 aromatic rings. The summed E-state index contributed by atoms with van der Waals surface area (Å²) < 4.78 is 4.85. The standard InChI is InChI=1S/C18H18N2O2/c1-3-20-12-11-14(16-7-5-6-8-17(16)20)9-10-15(13-19)18(21)22-4-2/h5-12H,3-4H2,1-2H3. The first-order valence-electron chi connectivity index (χ1n) is 7.24. The minimum atomic E-state index is -0.592. The average molecular weight is 294 g/mol. The van der Waals surface area contributed by atoms with Gasteiger partial charge in [-0.05, 0) is 37.6 Å². The molecule has 1 heterocycles. The smallest absolute Gasteiger partial charge is 0.348 e. The van der Waals surface area contributed by atoms with Crippen LogP contribution in [0.4, 0.5) is 5.69 Å². The lowest BCUT2D eigenvalue weighted by Gasteiger charge is -2.26. The quantitative estimate of drug-likeness (QED) is 0.485. The highest BCUT2D eigenvalue weighted by molar-refractivity contribution is 5.94. The molecule has 0 saturated carbocycles. The predicted octanol–water partition coefficient (Wildman–Crippen LogP) is 3.44. The van der Waals surface area contributed by atoms with Gasteiger partial charge >= 0.3 is 5.97 Å². The maximum absolute atomic E-state index is 11.6. The zero-order valence-corrected chi connectivity index (χ0v) is 12.7. The van der Waals surface area contributed by atoms with Gasteiger partial charge in [-0.2, -0.15) is 5.26 Å². The van der Waals surface area contributed by atoms with Crippen LogP contribution in [0.3, 0.4) is 0 Å². The summed E-state index contributed by atoms with van der Waals surface area (Å²) in [7, 11) is 0. The number of rotatable bonds is 4. The monoisotopic (exact) mass is 294 g/mol. The first-order valence-corrected chi connectivity index (χ1v) is 7.24. The molecular weight excluding hydrogens is 276 g/mol. The average Bonchev–Trinajstić information content (AvgIpc) is 2.55. The summed E-state index contributed by atoms with van der Waals surface area (Å²) in [5.74, 6) is -0.592. The molecular formula is C18H18N2O2. The minimum absolute atomic E-state index is 0.00171. The number of nitrogens with zero attached hydrogens (tertiary/aromatic N) is 2. The van der Waals surface area contributed by atoms with Crippen LogP contribution in [0.1, 0.15) is 19.4 Å². The lowest BCUT2D eigenvalue weighted by atomic mass is 9.99. The van der Waals surface area contributed by atoms with Crippen molar-refractivity contribution < 1.29 is 9.53 Å². The molecule has 0 aromatic heterocycles. The van der Waals surface area contributed by atoms with Gasteiger partial charge in [0.1, 0.15) is 11.6 Å². The van der Waals surface area contributed by atoms with E-state index in [2.05, 4.69) is 17.9 Å². The molecule has 22 heavy (non-hydrogen) atoms. The molecule has 4 heteroatoms. The maximum atomic E-state index is 11.6. The second-order valence-electron chi connectivity index (χ2n) is 4.65. The highest BCUT2D eigenvalue weighted by Crippen LogP contribution is 2.32. The minimum Gasteiger partial charge on any atom is -0.462 e. The van der Waals surface area contributed by atoms with Crippen molar-refractivity contribution in [3.05, 3.63) is 59.8 Å². The number of anilines is 1. The van der Waals surface area contributed by atoms with Gasteiger partial charge in [-0.3, -0.25) is 0 Å². The molecule has 1 aromatic carbocycles. The molecule has 0 amide bonds. The highest BCUT2D eigenvalue weighted by atomic mass is 16.5. The van der Waals surface area contributed by atoms with Gasteiger partial charge in [0.15, 0.2) is 0 Å². The molecule has 0 unspecified atom stereocenters. The summed E-state index contributed by atoms with van der Waals surface area (Å²) in [5, 5.41) is 9.05. The lowest BCUT2D eigenvalue weighted by Crippen LogP contribution is -2.18. The molecule has 2 rings (SSSR count). The number of esters is 1. The highest BCUT2D eigenvalue weighted by Gasteiger charge is 2.14. The number of hydrogen-bond acceptors (Lipinski definition) is 4. The molecule has 1 aliphatic rings. The van der Waals surface area contributed by atoms with Crippen molar-refractivity contribution in [3.8, 4) is 6.07 Å². The first-order chi connectivity index (χ1) is 10.7. The van der Waals surface area contributed by atoms with Crippen LogP contribution in [0.5, 0.6) is 0 Å². The van der Waals surface area contributed by atoms with Crippen molar-refractivity contribution in [1.82, 2.24) is 0 Å². The fourth-order valence-electron chi connectivity index (χ4n) is 2.26. The van der Waals surface area contributed by atoms with Crippen LogP contribution in [0, 0.1) is 11.3 Å². The molecule has 0 radical (unpaired) electrons. The van der Waals surface area contributed by atoms with Gasteiger partial charge in [-0.25, -0.2) is 4.79 Å². The number of fused-ring (bicyclic) bond motifs is 1. The van der Waals surface area contributed by atoms with Crippen LogP contribution in [0.25, 0.3) is 5.57 Å². The zero-order valence-electron chi connectivity index (χ0n) is 12.7. The summed E-state index contributed by atoms with van der Waals surface area (Å²) in [5.41, 5.74) is 3.14. The van der Waals surface area contributed by atoms with Gasteiger partial charge in [-0.1, -0.05) is 24.3 Å². The van der Waals surface area contributed by atoms with Crippen LogP contribution in [-0.4, -0.2) is 19.1 Å². The molecule has 4 nitrogen and oxygen atoms in total. The summed E-state index contributed by atoms with van der Waals surface area (Å²) >= 11 is 0. The van der Waals surface area contributed by atoms with Crippen molar-refractivity contribution in [2.24, 2.45) is 0 Å². The van der Waals surface area contributed by atoms with Crippen molar-refractivity contribution in [2.45, 2.75) is 13.8 Å². The second kappa shape index (κ2) is 7.28. The number of carbonyl (C=O) groups excluding carboxylic acids is 1. The molecule has 0 atom stereocenters. The topological polar surface area (TPSA) is 53.3 Å². The Hall–Kier alpha value is -2.80. The van der Waals surface area contributed by atoms with Gasteiger partial charge in [0, 0.05) is 24.0 Å².